The number of benzene rings is 2. The summed E-state index contributed by atoms with van der Waals surface area (Å²) in [6, 6.07) is 21.0. The summed E-state index contributed by atoms with van der Waals surface area (Å²) >= 11 is 0. The van der Waals surface area contributed by atoms with Crippen molar-refractivity contribution in [3.63, 3.8) is 0 Å². The Bertz CT molecular complexity index is 677. The van der Waals surface area contributed by atoms with Gasteiger partial charge in [-0.05, 0) is 35.8 Å². The molecule has 1 aliphatic heterocycles. The summed E-state index contributed by atoms with van der Waals surface area (Å²) < 4.78 is 13.0. The van der Waals surface area contributed by atoms with E-state index in [1.165, 1.54) is 24.0 Å². The van der Waals surface area contributed by atoms with E-state index in [0.717, 1.165) is 5.92 Å². The quantitative estimate of drug-likeness (QED) is 0.737. The minimum absolute atomic E-state index is 0.0262. The zero-order chi connectivity index (χ0) is 15.9. The molecular formula is C22H22O2. The van der Waals surface area contributed by atoms with Crippen molar-refractivity contribution in [3.05, 3.63) is 83.9 Å². The molecule has 2 aromatic carbocycles. The largest absolute Gasteiger partial charge is 0.341 e. The molecule has 2 unspecified atom stereocenters. The third-order valence-corrected chi connectivity index (χ3v) is 5.77. The first-order valence-electron chi connectivity index (χ1n) is 8.97. The fourth-order valence-corrected chi connectivity index (χ4v) is 4.59. The Balaban J connectivity index is 1.46. The molecule has 2 aromatic rings. The van der Waals surface area contributed by atoms with Crippen LogP contribution in [0.3, 0.4) is 0 Å². The minimum Gasteiger partial charge on any atom is -0.341 e. The van der Waals surface area contributed by atoms with Crippen LogP contribution in [-0.2, 0) is 9.47 Å². The van der Waals surface area contributed by atoms with Gasteiger partial charge in [0.25, 0.3) is 0 Å². The molecule has 1 heterocycles. The highest BCUT2D eigenvalue weighted by Gasteiger charge is 2.47. The van der Waals surface area contributed by atoms with Crippen LogP contribution < -0.4 is 0 Å². The van der Waals surface area contributed by atoms with Gasteiger partial charge in [0.2, 0.25) is 0 Å². The van der Waals surface area contributed by atoms with E-state index < -0.39 is 0 Å². The van der Waals surface area contributed by atoms with Crippen LogP contribution >= 0.6 is 0 Å². The van der Waals surface area contributed by atoms with Crippen molar-refractivity contribution in [1.82, 2.24) is 0 Å². The van der Waals surface area contributed by atoms with Crippen LogP contribution in [0, 0.1) is 17.8 Å². The highest BCUT2D eigenvalue weighted by Crippen LogP contribution is 2.52. The second-order valence-electron chi connectivity index (χ2n) is 7.25. The zero-order valence-corrected chi connectivity index (χ0v) is 13.6. The first kappa shape index (κ1) is 14.4. The number of allylic oxidation sites excluding steroid dienone is 2. The Morgan fingerprint density at radius 1 is 0.667 bits per heavy atom. The zero-order valence-electron chi connectivity index (χ0n) is 13.6. The first-order valence-corrected chi connectivity index (χ1v) is 8.97. The number of fused-ring (bicyclic) bond motifs is 2. The van der Waals surface area contributed by atoms with Gasteiger partial charge in [0.15, 0.2) is 6.29 Å². The predicted molar refractivity (Wildman–Crippen MR) is 93.2 cm³/mol. The Labute approximate surface area is 143 Å². The van der Waals surface area contributed by atoms with E-state index in [0.29, 0.717) is 11.8 Å². The lowest BCUT2D eigenvalue weighted by molar-refractivity contribution is -0.111. The fourth-order valence-electron chi connectivity index (χ4n) is 4.59. The summed E-state index contributed by atoms with van der Waals surface area (Å²) in [5.41, 5.74) is 2.40. The molecule has 1 saturated carbocycles. The summed E-state index contributed by atoms with van der Waals surface area (Å²) in [6.07, 6.45) is 7.08. The van der Waals surface area contributed by atoms with Crippen molar-refractivity contribution in [3.8, 4) is 0 Å². The van der Waals surface area contributed by atoms with E-state index in [2.05, 4.69) is 72.8 Å². The van der Waals surface area contributed by atoms with E-state index in [4.69, 9.17) is 9.47 Å². The van der Waals surface area contributed by atoms with Gasteiger partial charge in [-0.2, -0.15) is 0 Å². The number of rotatable bonds is 3. The third-order valence-electron chi connectivity index (χ3n) is 5.77. The molecule has 5 atom stereocenters. The molecule has 1 saturated heterocycles. The van der Waals surface area contributed by atoms with Gasteiger partial charge in [-0.3, -0.25) is 0 Å². The van der Waals surface area contributed by atoms with Crippen LogP contribution in [0.15, 0.2) is 72.8 Å². The normalized spacial score (nSPS) is 34.9. The second-order valence-corrected chi connectivity index (χ2v) is 7.25. The number of ether oxygens (including phenoxy) is 2. The summed E-state index contributed by atoms with van der Waals surface area (Å²) in [4.78, 5) is 0. The van der Waals surface area contributed by atoms with Crippen molar-refractivity contribution >= 4 is 0 Å². The Kier molecular flexibility index (Phi) is 3.53. The van der Waals surface area contributed by atoms with Crippen LogP contribution in [0.4, 0.5) is 0 Å². The molecule has 2 fully saturated rings. The average Bonchev–Trinajstić information content (AvgIpc) is 3.38. The van der Waals surface area contributed by atoms with Gasteiger partial charge in [-0.25, -0.2) is 0 Å². The smallest absolute Gasteiger partial charge is 0.162 e. The van der Waals surface area contributed by atoms with E-state index in [9.17, 15) is 0 Å². The third kappa shape index (κ3) is 2.42. The molecule has 2 bridgehead atoms. The maximum absolute atomic E-state index is 6.49. The van der Waals surface area contributed by atoms with Crippen LogP contribution in [0.5, 0.6) is 0 Å². The average molecular weight is 318 g/mol. The number of hydrogen-bond acceptors (Lipinski definition) is 2. The first-order chi connectivity index (χ1) is 11.9. The lowest BCUT2D eigenvalue weighted by atomic mass is 9.93. The fraction of sp³-hybridized carbons (Fsp3) is 0.364. The standard InChI is InChI=1S/C22H22O2/c1-3-7-16(8-4-1)20-21(17-9-5-2-6-10-17)24-22(23-20)19-14-15-11-12-18(19)13-15/h1-12,15,18-22H,13-14H2/t15?,18?,19-,20-,21-/m0/s1. The molecule has 2 aliphatic carbocycles. The van der Waals surface area contributed by atoms with Gasteiger partial charge < -0.3 is 9.47 Å². The highest BCUT2D eigenvalue weighted by molar-refractivity contribution is 5.26. The summed E-state index contributed by atoms with van der Waals surface area (Å²) in [5.74, 6) is 1.86. The summed E-state index contributed by atoms with van der Waals surface area (Å²) in [5, 5.41) is 0. The summed E-state index contributed by atoms with van der Waals surface area (Å²) in [7, 11) is 0. The predicted octanol–water partition coefficient (Wildman–Crippen LogP) is 5.05. The molecule has 0 aromatic heterocycles. The molecule has 2 heteroatoms. The topological polar surface area (TPSA) is 18.5 Å². The lowest BCUT2D eigenvalue weighted by Crippen LogP contribution is -2.25. The minimum atomic E-state index is -0.0969. The Hall–Kier alpha value is -1.90. The van der Waals surface area contributed by atoms with Crippen LogP contribution in [0.1, 0.15) is 36.2 Å². The van der Waals surface area contributed by atoms with Crippen molar-refractivity contribution in [1.29, 1.82) is 0 Å². The van der Waals surface area contributed by atoms with Crippen molar-refractivity contribution in [2.75, 3.05) is 0 Å². The number of hydrogen-bond donors (Lipinski definition) is 0. The van der Waals surface area contributed by atoms with Crippen LogP contribution in [0.2, 0.25) is 0 Å². The molecule has 0 spiro atoms. The molecule has 24 heavy (non-hydrogen) atoms. The molecule has 122 valence electrons. The van der Waals surface area contributed by atoms with E-state index in [-0.39, 0.29) is 18.5 Å². The van der Waals surface area contributed by atoms with Gasteiger partial charge in [0.1, 0.15) is 12.2 Å². The maximum atomic E-state index is 6.49. The van der Waals surface area contributed by atoms with Gasteiger partial charge in [0, 0.05) is 5.92 Å². The molecule has 3 aliphatic rings. The Morgan fingerprint density at radius 2 is 1.25 bits per heavy atom. The molecule has 0 amide bonds. The molecule has 2 nitrogen and oxygen atoms in total. The van der Waals surface area contributed by atoms with E-state index in [1.54, 1.807) is 0 Å². The van der Waals surface area contributed by atoms with Gasteiger partial charge in [-0.15, -0.1) is 0 Å². The van der Waals surface area contributed by atoms with Crippen molar-refractivity contribution < 1.29 is 9.47 Å². The monoisotopic (exact) mass is 318 g/mol. The van der Waals surface area contributed by atoms with E-state index >= 15 is 0 Å². The SMILES string of the molecule is C1=CC2CC1C[C@@H]2C1O[C@@H](c2ccccc2)[C@H](c2ccccc2)O1. The molecule has 5 rings (SSSR count). The van der Waals surface area contributed by atoms with E-state index in [1.807, 2.05) is 0 Å². The van der Waals surface area contributed by atoms with Crippen LogP contribution in [0.25, 0.3) is 0 Å². The Morgan fingerprint density at radius 3 is 1.71 bits per heavy atom. The second kappa shape index (κ2) is 5.87. The maximum Gasteiger partial charge on any atom is 0.162 e. The van der Waals surface area contributed by atoms with Gasteiger partial charge in [0.05, 0.1) is 0 Å². The van der Waals surface area contributed by atoms with Crippen molar-refractivity contribution in [2.24, 2.45) is 17.8 Å². The molecular weight excluding hydrogens is 296 g/mol. The lowest BCUT2D eigenvalue weighted by Gasteiger charge is -2.24. The molecule has 0 radical (unpaired) electrons. The molecule has 0 N–H and O–H groups in total. The van der Waals surface area contributed by atoms with Gasteiger partial charge >= 0.3 is 0 Å². The van der Waals surface area contributed by atoms with Crippen LogP contribution in [-0.4, -0.2) is 6.29 Å². The highest BCUT2D eigenvalue weighted by atomic mass is 16.7. The van der Waals surface area contributed by atoms with Gasteiger partial charge in [-0.1, -0.05) is 72.8 Å². The summed E-state index contributed by atoms with van der Waals surface area (Å²) in [6.45, 7) is 0. The van der Waals surface area contributed by atoms with Crippen molar-refractivity contribution in [2.45, 2.75) is 31.3 Å².